The van der Waals surface area contributed by atoms with Crippen LogP contribution in [0.25, 0.3) is 0 Å². The number of piperazine rings is 1. The first kappa shape index (κ1) is 14.2. The predicted octanol–water partition coefficient (Wildman–Crippen LogP) is -0.205. The van der Waals surface area contributed by atoms with Gasteiger partial charge in [0.15, 0.2) is 0 Å². The summed E-state index contributed by atoms with van der Waals surface area (Å²) in [6.45, 7) is 7.87. The number of amides is 2. The summed E-state index contributed by atoms with van der Waals surface area (Å²) in [5, 5.41) is 0. The molecule has 0 aromatic heterocycles. The van der Waals surface area contributed by atoms with Gasteiger partial charge in [-0.15, -0.1) is 0 Å². The van der Waals surface area contributed by atoms with E-state index in [9.17, 15) is 14.4 Å². The highest BCUT2D eigenvalue weighted by Crippen LogP contribution is 2.06. The SMILES string of the molecule is C=C(C)C(=O)OC(C)CN1CCN(C)C(=O)C1=O. The van der Waals surface area contributed by atoms with Crippen LogP contribution in [0.1, 0.15) is 13.8 Å². The molecule has 1 unspecified atom stereocenters. The molecule has 1 aliphatic heterocycles. The van der Waals surface area contributed by atoms with E-state index in [-0.39, 0.29) is 6.54 Å². The van der Waals surface area contributed by atoms with Crippen LogP contribution in [0, 0.1) is 0 Å². The maximum Gasteiger partial charge on any atom is 0.333 e. The summed E-state index contributed by atoms with van der Waals surface area (Å²) in [4.78, 5) is 37.2. The Kier molecular flexibility index (Phi) is 4.47. The molecular formula is C12H18N2O4. The van der Waals surface area contributed by atoms with Crippen molar-refractivity contribution in [3.63, 3.8) is 0 Å². The zero-order chi connectivity index (χ0) is 13.9. The molecule has 2 amide bonds. The van der Waals surface area contributed by atoms with E-state index in [1.165, 1.54) is 9.80 Å². The molecule has 18 heavy (non-hydrogen) atoms. The van der Waals surface area contributed by atoms with Gasteiger partial charge in [0.25, 0.3) is 0 Å². The molecule has 6 nitrogen and oxygen atoms in total. The third kappa shape index (κ3) is 3.32. The summed E-state index contributed by atoms with van der Waals surface area (Å²) in [7, 11) is 1.59. The quantitative estimate of drug-likeness (QED) is 0.396. The Hall–Kier alpha value is -1.85. The average molecular weight is 254 g/mol. The number of hydrogen-bond acceptors (Lipinski definition) is 4. The smallest absolute Gasteiger partial charge is 0.333 e. The average Bonchev–Trinajstić information content (AvgIpc) is 2.29. The van der Waals surface area contributed by atoms with Gasteiger partial charge >= 0.3 is 17.8 Å². The molecule has 0 saturated carbocycles. The minimum Gasteiger partial charge on any atom is -0.457 e. The summed E-state index contributed by atoms with van der Waals surface area (Å²) >= 11 is 0. The Bertz CT molecular complexity index is 392. The van der Waals surface area contributed by atoms with E-state index >= 15 is 0 Å². The van der Waals surface area contributed by atoms with Crippen molar-refractivity contribution in [2.75, 3.05) is 26.7 Å². The fourth-order valence-corrected chi connectivity index (χ4v) is 1.58. The van der Waals surface area contributed by atoms with E-state index in [2.05, 4.69) is 6.58 Å². The first-order valence-electron chi connectivity index (χ1n) is 5.73. The van der Waals surface area contributed by atoms with Gasteiger partial charge in [0.1, 0.15) is 6.10 Å². The lowest BCUT2D eigenvalue weighted by molar-refractivity contribution is -0.157. The zero-order valence-corrected chi connectivity index (χ0v) is 10.9. The standard InChI is InChI=1S/C12H18N2O4/c1-8(2)12(17)18-9(3)7-14-6-5-13(4)10(15)11(14)16/h9H,1,5-7H2,2-4H3. The van der Waals surface area contributed by atoms with Crippen molar-refractivity contribution >= 4 is 17.8 Å². The number of ether oxygens (including phenoxy) is 1. The number of nitrogens with zero attached hydrogens (tertiary/aromatic N) is 2. The van der Waals surface area contributed by atoms with Gasteiger partial charge in [0.2, 0.25) is 0 Å². The van der Waals surface area contributed by atoms with E-state index in [0.717, 1.165) is 0 Å². The van der Waals surface area contributed by atoms with Crippen LogP contribution in [-0.2, 0) is 19.1 Å². The molecule has 1 rings (SSSR count). The molecule has 1 aliphatic rings. The van der Waals surface area contributed by atoms with Crippen molar-refractivity contribution in [1.82, 2.24) is 9.80 Å². The molecule has 1 atom stereocenters. The highest BCUT2D eigenvalue weighted by Gasteiger charge is 2.31. The van der Waals surface area contributed by atoms with Gasteiger partial charge in [-0.1, -0.05) is 6.58 Å². The van der Waals surface area contributed by atoms with E-state index in [1.54, 1.807) is 20.9 Å². The lowest BCUT2D eigenvalue weighted by atomic mass is 10.2. The van der Waals surface area contributed by atoms with E-state index in [1.807, 2.05) is 0 Å². The van der Waals surface area contributed by atoms with Gasteiger partial charge in [-0.25, -0.2) is 4.79 Å². The van der Waals surface area contributed by atoms with Crippen molar-refractivity contribution in [1.29, 1.82) is 0 Å². The van der Waals surface area contributed by atoms with Crippen LogP contribution in [-0.4, -0.2) is 60.4 Å². The maximum absolute atomic E-state index is 11.7. The molecule has 6 heteroatoms. The minimum atomic E-state index is -0.554. The third-order valence-corrected chi connectivity index (χ3v) is 2.66. The van der Waals surface area contributed by atoms with Gasteiger partial charge < -0.3 is 14.5 Å². The molecule has 100 valence electrons. The molecule has 1 fully saturated rings. The maximum atomic E-state index is 11.7. The summed E-state index contributed by atoms with van der Waals surface area (Å²) in [6, 6.07) is 0. The number of carbonyl (C=O) groups is 3. The monoisotopic (exact) mass is 254 g/mol. The molecule has 0 bridgehead atoms. The van der Waals surface area contributed by atoms with Crippen LogP contribution >= 0.6 is 0 Å². The summed E-state index contributed by atoms with van der Waals surface area (Å²) in [5.41, 5.74) is 0.308. The number of hydrogen-bond donors (Lipinski definition) is 0. The summed E-state index contributed by atoms with van der Waals surface area (Å²) in [6.07, 6.45) is -0.464. The lowest BCUT2D eigenvalue weighted by Gasteiger charge is -2.32. The van der Waals surface area contributed by atoms with E-state index < -0.39 is 23.9 Å². The molecule has 0 N–H and O–H groups in total. The van der Waals surface area contributed by atoms with Crippen LogP contribution in [0.5, 0.6) is 0 Å². The van der Waals surface area contributed by atoms with Gasteiger partial charge in [-0.3, -0.25) is 9.59 Å². The van der Waals surface area contributed by atoms with Crippen LogP contribution in [0.3, 0.4) is 0 Å². The normalized spacial score (nSPS) is 17.7. The highest BCUT2D eigenvalue weighted by atomic mass is 16.5. The van der Waals surface area contributed by atoms with Gasteiger partial charge in [0.05, 0.1) is 6.54 Å². The number of rotatable bonds is 4. The van der Waals surface area contributed by atoms with Crippen molar-refractivity contribution in [3.8, 4) is 0 Å². The largest absolute Gasteiger partial charge is 0.457 e. The Balaban J connectivity index is 2.52. The topological polar surface area (TPSA) is 66.9 Å². The molecule has 0 radical (unpaired) electrons. The summed E-state index contributed by atoms with van der Waals surface area (Å²) < 4.78 is 5.07. The number of likely N-dealkylation sites (N-methyl/N-ethyl adjacent to an activating group) is 1. The molecule has 1 saturated heterocycles. The Morgan fingerprint density at radius 3 is 2.56 bits per heavy atom. The van der Waals surface area contributed by atoms with Crippen LogP contribution in [0.15, 0.2) is 12.2 Å². The minimum absolute atomic E-state index is 0.220. The summed E-state index contributed by atoms with van der Waals surface area (Å²) in [5.74, 6) is -1.57. The molecule has 0 spiro atoms. The Morgan fingerprint density at radius 2 is 2.00 bits per heavy atom. The zero-order valence-electron chi connectivity index (χ0n) is 10.9. The molecule has 0 aromatic rings. The van der Waals surface area contributed by atoms with Gasteiger partial charge in [-0.05, 0) is 13.8 Å². The van der Waals surface area contributed by atoms with Crippen LogP contribution in [0.4, 0.5) is 0 Å². The number of carbonyl (C=O) groups excluding carboxylic acids is 3. The Labute approximate surface area is 106 Å². The van der Waals surface area contributed by atoms with Crippen molar-refractivity contribution in [2.45, 2.75) is 20.0 Å². The van der Waals surface area contributed by atoms with Crippen molar-refractivity contribution in [3.05, 3.63) is 12.2 Å². The Morgan fingerprint density at radius 1 is 1.39 bits per heavy atom. The second-order valence-corrected chi connectivity index (χ2v) is 4.47. The molecular weight excluding hydrogens is 236 g/mol. The second kappa shape index (κ2) is 5.66. The van der Waals surface area contributed by atoms with Crippen molar-refractivity contribution in [2.24, 2.45) is 0 Å². The fraction of sp³-hybridized carbons (Fsp3) is 0.583. The predicted molar refractivity (Wildman–Crippen MR) is 64.6 cm³/mol. The second-order valence-electron chi connectivity index (χ2n) is 4.47. The molecule has 1 heterocycles. The van der Waals surface area contributed by atoms with Crippen LogP contribution < -0.4 is 0 Å². The first-order chi connectivity index (χ1) is 8.32. The van der Waals surface area contributed by atoms with Crippen LogP contribution in [0.2, 0.25) is 0 Å². The van der Waals surface area contributed by atoms with Crippen molar-refractivity contribution < 1.29 is 19.1 Å². The van der Waals surface area contributed by atoms with E-state index in [4.69, 9.17) is 4.74 Å². The highest BCUT2D eigenvalue weighted by molar-refractivity contribution is 6.35. The van der Waals surface area contributed by atoms with E-state index in [0.29, 0.717) is 18.7 Å². The fourth-order valence-electron chi connectivity index (χ4n) is 1.58. The third-order valence-electron chi connectivity index (χ3n) is 2.66. The number of esters is 1. The lowest BCUT2D eigenvalue weighted by Crippen LogP contribution is -2.54. The first-order valence-corrected chi connectivity index (χ1v) is 5.73. The molecule has 0 aliphatic carbocycles. The van der Waals surface area contributed by atoms with Gasteiger partial charge in [-0.2, -0.15) is 0 Å². The molecule has 0 aromatic carbocycles. The van der Waals surface area contributed by atoms with Gasteiger partial charge in [0, 0.05) is 25.7 Å².